The standard InChI is InChI=1S/C11H24O2/c1-2-8-11(13)9-6-4-3-5-7-10-12/h11-13H,2-10H2,1H3. The maximum Gasteiger partial charge on any atom is 0.0540 e. The zero-order valence-corrected chi connectivity index (χ0v) is 8.84. The average molecular weight is 188 g/mol. The van der Waals surface area contributed by atoms with E-state index in [4.69, 9.17) is 5.11 Å². The summed E-state index contributed by atoms with van der Waals surface area (Å²) in [7, 11) is 0. The van der Waals surface area contributed by atoms with Gasteiger partial charge in [-0.3, -0.25) is 0 Å². The van der Waals surface area contributed by atoms with Gasteiger partial charge in [-0.2, -0.15) is 0 Å². The Morgan fingerprint density at radius 1 is 0.923 bits per heavy atom. The van der Waals surface area contributed by atoms with Crippen LogP contribution in [0.1, 0.15) is 58.3 Å². The summed E-state index contributed by atoms with van der Waals surface area (Å²) >= 11 is 0. The molecule has 0 aromatic rings. The molecule has 0 aliphatic rings. The van der Waals surface area contributed by atoms with Gasteiger partial charge in [0, 0.05) is 6.61 Å². The lowest BCUT2D eigenvalue weighted by molar-refractivity contribution is 0.150. The van der Waals surface area contributed by atoms with Crippen LogP contribution in [0.4, 0.5) is 0 Å². The predicted molar refractivity (Wildman–Crippen MR) is 55.7 cm³/mol. The Bertz CT molecular complexity index is 94.1. The molecule has 0 aliphatic carbocycles. The quantitative estimate of drug-likeness (QED) is 0.546. The highest BCUT2D eigenvalue weighted by Gasteiger charge is 2.01. The highest BCUT2D eigenvalue weighted by Crippen LogP contribution is 2.09. The lowest BCUT2D eigenvalue weighted by atomic mass is 10.1. The molecule has 0 amide bonds. The first-order valence-corrected chi connectivity index (χ1v) is 5.60. The fraction of sp³-hybridized carbons (Fsp3) is 1.00. The molecular weight excluding hydrogens is 164 g/mol. The van der Waals surface area contributed by atoms with E-state index in [1.54, 1.807) is 0 Å². The molecule has 1 atom stereocenters. The first-order valence-electron chi connectivity index (χ1n) is 5.60. The molecule has 0 heterocycles. The van der Waals surface area contributed by atoms with Crippen molar-refractivity contribution in [1.29, 1.82) is 0 Å². The van der Waals surface area contributed by atoms with Gasteiger partial charge in [0.1, 0.15) is 0 Å². The summed E-state index contributed by atoms with van der Waals surface area (Å²) < 4.78 is 0. The number of unbranched alkanes of at least 4 members (excludes halogenated alkanes) is 4. The Kier molecular flexibility index (Phi) is 9.94. The fourth-order valence-corrected chi connectivity index (χ4v) is 1.50. The second-order valence-electron chi connectivity index (χ2n) is 3.72. The summed E-state index contributed by atoms with van der Waals surface area (Å²) in [5, 5.41) is 18.0. The van der Waals surface area contributed by atoms with E-state index in [1.165, 1.54) is 12.8 Å². The zero-order chi connectivity index (χ0) is 9.94. The van der Waals surface area contributed by atoms with Gasteiger partial charge in [0.15, 0.2) is 0 Å². The molecule has 0 aliphatic heterocycles. The summed E-state index contributed by atoms with van der Waals surface area (Å²) in [6, 6.07) is 0. The molecule has 0 bridgehead atoms. The van der Waals surface area contributed by atoms with Gasteiger partial charge in [0.05, 0.1) is 6.10 Å². The lowest BCUT2D eigenvalue weighted by Gasteiger charge is -2.07. The van der Waals surface area contributed by atoms with Gasteiger partial charge in [-0.05, 0) is 19.3 Å². The highest BCUT2D eigenvalue weighted by atomic mass is 16.3. The van der Waals surface area contributed by atoms with Gasteiger partial charge in [0.25, 0.3) is 0 Å². The van der Waals surface area contributed by atoms with Crippen LogP contribution < -0.4 is 0 Å². The van der Waals surface area contributed by atoms with Crippen LogP contribution in [0.3, 0.4) is 0 Å². The molecule has 80 valence electrons. The molecule has 0 aromatic heterocycles. The lowest BCUT2D eigenvalue weighted by Crippen LogP contribution is -2.04. The number of aliphatic hydroxyl groups excluding tert-OH is 2. The van der Waals surface area contributed by atoms with E-state index in [2.05, 4.69) is 6.92 Å². The molecule has 2 heteroatoms. The number of aliphatic hydroxyl groups is 2. The molecule has 2 N–H and O–H groups in total. The average Bonchev–Trinajstić information content (AvgIpc) is 2.11. The second kappa shape index (κ2) is 10.0. The van der Waals surface area contributed by atoms with Crippen LogP contribution in [0.25, 0.3) is 0 Å². The van der Waals surface area contributed by atoms with Crippen molar-refractivity contribution in [3.63, 3.8) is 0 Å². The van der Waals surface area contributed by atoms with Gasteiger partial charge < -0.3 is 10.2 Å². The Morgan fingerprint density at radius 3 is 2.15 bits per heavy atom. The molecule has 0 aromatic carbocycles. The maximum atomic E-state index is 9.41. The van der Waals surface area contributed by atoms with E-state index in [1.807, 2.05) is 0 Å². The predicted octanol–water partition coefficient (Wildman–Crippen LogP) is 2.48. The van der Waals surface area contributed by atoms with Crippen molar-refractivity contribution < 1.29 is 10.2 Å². The highest BCUT2D eigenvalue weighted by molar-refractivity contribution is 4.54. The molecular formula is C11H24O2. The van der Waals surface area contributed by atoms with Crippen LogP contribution in [0.15, 0.2) is 0 Å². The van der Waals surface area contributed by atoms with Gasteiger partial charge >= 0.3 is 0 Å². The molecule has 0 rings (SSSR count). The van der Waals surface area contributed by atoms with Crippen LogP contribution >= 0.6 is 0 Å². The number of hydrogen-bond donors (Lipinski definition) is 2. The van der Waals surface area contributed by atoms with Gasteiger partial charge in [-0.15, -0.1) is 0 Å². The Balaban J connectivity index is 2.97. The van der Waals surface area contributed by atoms with Gasteiger partial charge in [-0.1, -0.05) is 39.0 Å². The zero-order valence-electron chi connectivity index (χ0n) is 8.84. The SMILES string of the molecule is CCCC(O)CCCCCCCO. The van der Waals surface area contributed by atoms with Crippen molar-refractivity contribution in [3.05, 3.63) is 0 Å². The summed E-state index contributed by atoms with van der Waals surface area (Å²) in [4.78, 5) is 0. The number of rotatable bonds is 9. The Morgan fingerprint density at radius 2 is 1.54 bits per heavy atom. The first kappa shape index (κ1) is 12.9. The molecule has 0 saturated carbocycles. The summed E-state index contributed by atoms with van der Waals surface area (Å²) in [5.41, 5.74) is 0. The third kappa shape index (κ3) is 9.84. The molecule has 0 radical (unpaired) electrons. The summed E-state index contributed by atoms with van der Waals surface area (Å²) in [6.45, 7) is 2.42. The first-order chi connectivity index (χ1) is 6.31. The minimum atomic E-state index is -0.0807. The Labute approximate surface area is 82.0 Å². The Hall–Kier alpha value is -0.0800. The molecule has 0 spiro atoms. The second-order valence-corrected chi connectivity index (χ2v) is 3.72. The third-order valence-electron chi connectivity index (χ3n) is 2.32. The topological polar surface area (TPSA) is 40.5 Å². The van der Waals surface area contributed by atoms with E-state index < -0.39 is 0 Å². The van der Waals surface area contributed by atoms with Crippen LogP contribution in [-0.2, 0) is 0 Å². The molecule has 13 heavy (non-hydrogen) atoms. The van der Waals surface area contributed by atoms with Crippen molar-refractivity contribution in [2.75, 3.05) is 6.61 Å². The van der Waals surface area contributed by atoms with Crippen LogP contribution in [0, 0.1) is 0 Å². The van der Waals surface area contributed by atoms with Crippen molar-refractivity contribution in [2.24, 2.45) is 0 Å². The molecule has 0 fully saturated rings. The molecule has 1 unspecified atom stereocenters. The normalized spacial score (nSPS) is 13.2. The van der Waals surface area contributed by atoms with E-state index >= 15 is 0 Å². The van der Waals surface area contributed by atoms with Gasteiger partial charge in [0.2, 0.25) is 0 Å². The van der Waals surface area contributed by atoms with E-state index in [-0.39, 0.29) is 6.10 Å². The van der Waals surface area contributed by atoms with Crippen molar-refractivity contribution >= 4 is 0 Å². The van der Waals surface area contributed by atoms with Crippen LogP contribution in [-0.4, -0.2) is 22.9 Å². The monoisotopic (exact) mass is 188 g/mol. The van der Waals surface area contributed by atoms with Crippen molar-refractivity contribution in [3.8, 4) is 0 Å². The van der Waals surface area contributed by atoms with E-state index in [0.717, 1.165) is 38.5 Å². The third-order valence-corrected chi connectivity index (χ3v) is 2.32. The molecule has 0 saturated heterocycles. The molecule has 2 nitrogen and oxygen atoms in total. The number of hydrogen-bond acceptors (Lipinski definition) is 2. The summed E-state index contributed by atoms with van der Waals surface area (Å²) in [5.74, 6) is 0. The van der Waals surface area contributed by atoms with Gasteiger partial charge in [-0.25, -0.2) is 0 Å². The van der Waals surface area contributed by atoms with E-state index in [0.29, 0.717) is 6.61 Å². The van der Waals surface area contributed by atoms with Crippen molar-refractivity contribution in [2.45, 2.75) is 64.4 Å². The summed E-state index contributed by atoms with van der Waals surface area (Å²) in [6.07, 6.45) is 8.46. The maximum absolute atomic E-state index is 9.41. The minimum absolute atomic E-state index is 0.0807. The largest absolute Gasteiger partial charge is 0.396 e. The smallest absolute Gasteiger partial charge is 0.0540 e. The van der Waals surface area contributed by atoms with E-state index in [9.17, 15) is 5.11 Å². The fourth-order valence-electron chi connectivity index (χ4n) is 1.50. The van der Waals surface area contributed by atoms with Crippen LogP contribution in [0.5, 0.6) is 0 Å². The van der Waals surface area contributed by atoms with Crippen LogP contribution in [0.2, 0.25) is 0 Å². The van der Waals surface area contributed by atoms with Crippen molar-refractivity contribution in [1.82, 2.24) is 0 Å². The minimum Gasteiger partial charge on any atom is -0.396 e.